The summed E-state index contributed by atoms with van der Waals surface area (Å²) >= 11 is 0. The first-order chi connectivity index (χ1) is 15.0. The molecule has 1 N–H and O–H groups in total. The molecule has 158 valence electrons. The van der Waals surface area contributed by atoms with Crippen molar-refractivity contribution in [1.82, 2.24) is 4.98 Å². The molecule has 1 amide bonds. The zero-order valence-corrected chi connectivity index (χ0v) is 17.7. The van der Waals surface area contributed by atoms with E-state index in [1.54, 1.807) is 25.3 Å². The van der Waals surface area contributed by atoms with Gasteiger partial charge >= 0.3 is 0 Å². The predicted octanol–water partition coefficient (Wildman–Crippen LogP) is 5.64. The molecule has 6 heteroatoms. The number of amides is 1. The first-order valence-electron chi connectivity index (χ1n) is 10.1. The molecule has 6 nitrogen and oxygen atoms in total. The first-order valence-corrected chi connectivity index (χ1v) is 10.1. The summed E-state index contributed by atoms with van der Waals surface area (Å²) in [6.07, 6.45) is 0. The van der Waals surface area contributed by atoms with Crippen molar-refractivity contribution in [3.05, 3.63) is 72.3 Å². The molecule has 1 heterocycles. The normalized spacial score (nSPS) is 11.0. The number of nitrogens with zero attached hydrogens (tertiary/aromatic N) is 1. The molecule has 0 unspecified atom stereocenters. The highest BCUT2D eigenvalue weighted by molar-refractivity contribution is 5.94. The summed E-state index contributed by atoms with van der Waals surface area (Å²) in [5.41, 5.74) is 4.01. The number of ether oxygens (including phenoxy) is 2. The van der Waals surface area contributed by atoms with Crippen LogP contribution in [-0.4, -0.2) is 24.6 Å². The van der Waals surface area contributed by atoms with Gasteiger partial charge < -0.3 is 19.2 Å². The Balaban J connectivity index is 1.40. The van der Waals surface area contributed by atoms with Gasteiger partial charge in [0.2, 0.25) is 5.89 Å². The third-order valence-corrected chi connectivity index (χ3v) is 4.92. The molecule has 0 saturated carbocycles. The maximum atomic E-state index is 12.3. The van der Waals surface area contributed by atoms with Crippen LogP contribution in [0.1, 0.15) is 25.3 Å². The molecule has 0 radical (unpaired) electrons. The van der Waals surface area contributed by atoms with Crippen LogP contribution in [-0.2, 0) is 4.79 Å². The molecule has 0 spiro atoms. The van der Waals surface area contributed by atoms with Gasteiger partial charge in [-0.1, -0.05) is 26.0 Å². The number of anilines is 1. The Kier molecular flexibility index (Phi) is 5.89. The molecular weight excluding hydrogens is 392 g/mol. The number of carbonyl (C=O) groups is 1. The smallest absolute Gasteiger partial charge is 0.262 e. The van der Waals surface area contributed by atoms with Crippen LogP contribution in [0.2, 0.25) is 0 Å². The van der Waals surface area contributed by atoms with Crippen LogP contribution in [0.5, 0.6) is 11.5 Å². The molecule has 0 atom stereocenters. The minimum Gasteiger partial charge on any atom is -0.497 e. The van der Waals surface area contributed by atoms with Crippen LogP contribution in [0, 0.1) is 0 Å². The summed E-state index contributed by atoms with van der Waals surface area (Å²) in [5, 5.41) is 2.84. The van der Waals surface area contributed by atoms with E-state index in [0.717, 1.165) is 11.3 Å². The van der Waals surface area contributed by atoms with Gasteiger partial charge in [-0.15, -0.1) is 0 Å². The lowest BCUT2D eigenvalue weighted by atomic mass is 10.0. The van der Waals surface area contributed by atoms with E-state index in [1.165, 1.54) is 5.56 Å². The lowest BCUT2D eigenvalue weighted by molar-refractivity contribution is -0.118. The molecule has 3 aromatic carbocycles. The topological polar surface area (TPSA) is 73.6 Å². The standard InChI is InChI=1S/C25H24N2O4/c1-16(2)17-4-11-21(12-5-17)30-15-24(28)26-19-8-13-23-22(14-19)27-25(31-23)18-6-9-20(29-3)10-7-18/h4-14,16H,15H2,1-3H3,(H,26,28). The average Bonchev–Trinajstić information content (AvgIpc) is 3.21. The van der Waals surface area contributed by atoms with Crippen molar-refractivity contribution in [2.24, 2.45) is 0 Å². The maximum Gasteiger partial charge on any atom is 0.262 e. The molecule has 0 aliphatic rings. The number of methoxy groups -OCH3 is 1. The Morgan fingerprint density at radius 1 is 1.00 bits per heavy atom. The number of benzene rings is 3. The van der Waals surface area contributed by atoms with E-state index >= 15 is 0 Å². The Bertz CT molecular complexity index is 1180. The number of oxazole rings is 1. The van der Waals surface area contributed by atoms with Crippen molar-refractivity contribution in [3.63, 3.8) is 0 Å². The largest absolute Gasteiger partial charge is 0.497 e. The zero-order valence-electron chi connectivity index (χ0n) is 17.7. The van der Waals surface area contributed by atoms with E-state index in [-0.39, 0.29) is 12.5 Å². The first kappa shape index (κ1) is 20.5. The van der Waals surface area contributed by atoms with Crippen molar-refractivity contribution in [2.45, 2.75) is 19.8 Å². The van der Waals surface area contributed by atoms with Gasteiger partial charge in [0.15, 0.2) is 12.2 Å². The fourth-order valence-corrected chi connectivity index (χ4v) is 3.16. The van der Waals surface area contributed by atoms with Crippen molar-refractivity contribution in [1.29, 1.82) is 0 Å². The molecule has 1 aromatic heterocycles. The Morgan fingerprint density at radius 2 is 1.71 bits per heavy atom. The third-order valence-electron chi connectivity index (χ3n) is 4.92. The number of hydrogen-bond donors (Lipinski definition) is 1. The zero-order chi connectivity index (χ0) is 21.8. The molecule has 4 rings (SSSR count). The fourth-order valence-electron chi connectivity index (χ4n) is 3.16. The summed E-state index contributed by atoms with van der Waals surface area (Å²) in [6, 6.07) is 20.6. The van der Waals surface area contributed by atoms with E-state index < -0.39 is 0 Å². The van der Waals surface area contributed by atoms with Crippen LogP contribution in [0.3, 0.4) is 0 Å². The van der Waals surface area contributed by atoms with E-state index in [2.05, 4.69) is 24.1 Å². The van der Waals surface area contributed by atoms with Gasteiger partial charge in [-0.2, -0.15) is 0 Å². The molecule has 0 bridgehead atoms. The van der Waals surface area contributed by atoms with Gasteiger partial charge in [0.25, 0.3) is 5.91 Å². The summed E-state index contributed by atoms with van der Waals surface area (Å²) in [6.45, 7) is 4.19. The van der Waals surface area contributed by atoms with Gasteiger partial charge in [0.05, 0.1) is 7.11 Å². The maximum absolute atomic E-state index is 12.3. The van der Waals surface area contributed by atoms with Gasteiger partial charge in [-0.25, -0.2) is 4.98 Å². The molecule has 0 fully saturated rings. The Labute approximate surface area is 180 Å². The fraction of sp³-hybridized carbons (Fsp3) is 0.200. The van der Waals surface area contributed by atoms with Crippen molar-refractivity contribution in [2.75, 3.05) is 19.0 Å². The van der Waals surface area contributed by atoms with Crippen LogP contribution in [0.4, 0.5) is 5.69 Å². The van der Waals surface area contributed by atoms with E-state index in [1.807, 2.05) is 48.5 Å². The Hall–Kier alpha value is -3.80. The van der Waals surface area contributed by atoms with Crippen molar-refractivity contribution < 1.29 is 18.7 Å². The van der Waals surface area contributed by atoms with Crippen LogP contribution < -0.4 is 14.8 Å². The predicted molar refractivity (Wildman–Crippen MR) is 121 cm³/mol. The van der Waals surface area contributed by atoms with Crippen LogP contribution >= 0.6 is 0 Å². The van der Waals surface area contributed by atoms with Crippen LogP contribution in [0.25, 0.3) is 22.6 Å². The summed E-state index contributed by atoms with van der Waals surface area (Å²) in [4.78, 5) is 16.8. The van der Waals surface area contributed by atoms with E-state index in [0.29, 0.717) is 34.3 Å². The second-order valence-electron chi connectivity index (χ2n) is 7.49. The lowest BCUT2D eigenvalue weighted by Crippen LogP contribution is -2.20. The number of carbonyl (C=O) groups excluding carboxylic acids is 1. The summed E-state index contributed by atoms with van der Waals surface area (Å²) < 4.78 is 16.6. The van der Waals surface area contributed by atoms with Gasteiger partial charge in [0.1, 0.15) is 17.0 Å². The molecule has 0 saturated heterocycles. The highest BCUT2D eigenvalue weighted by atomic mass is 16.5. The number of fused-ring (bicyclic) bond motifs is 1. The number of rotatable bonds is 7. The van der Waals surface area contributed by atoms with Crippen LogP contribution in [0.15, 0.2) is 71.1 Å². The highest BCUT2D eigenvalue weighted by Gasteiger charge is 2.11. The van der Waals surface area contributed by atoms with E-state index in [4.69, 9.17) is 13.9 Å². The van der Waals surface area contributed by atoms with E-state index in [9.17, 15) is 4.79 Å². The third kappa shape index (κ3) is 4.86. The van der Waals surface area contributed by atoms with Crippen molar-refractivity contribution in [3.8, 4) is 23.0 Å². The molecular formula is C25H24N2O4. The van der Waals surface area contributed by atoms with Gasteiger partial charge in [0, 0.05) is 11.3 Å². The number of aromatic nitrogens is 1. The van der Waals surface area contributed by atoms with Gasteiger partial charge in [-0.3, -0.25) is 4.79 Å². The SMILES string of the molecule is COc1ccc(-c2nc3cc(NC(=O)COc4ccc(C(C)C)cc4)ccc3o2)cc1. The minimum absolute atomic E-state index is 0.0744. The average molecular weight is 416 g/mol. The van der Waals surface area contributed by atoms with Gasteiger partial charge in [-0.05, 0) is 66.1 Å². The second kappa shape index (κ2) is 8.92. The number of hydrogen-bond acceptors (Lipinski definition) is 5. The molecule has 0 aliphatic heterocycles. The monoisotopic (exact) mass is 416 g/mol. The minimum atomic E-state index is -0.244. The molecule has 4 aromatic rings. The Morgan fingerprint density at radius 3 is 2.39 bits per heavy atom. The second-order valence-corrected chi connectivity index (χ2v) is 7.49. The summed E-state index contributed by atoms with van der Waals surface area (Å²) in [7, 11) is 1.62. The molecule has 31 heavy (non-hydrogen) atoms. The quantitative estimate of drug-likeness (QED) is 0.422. The number of nitrogens with one attached hydrogen (secondary N) is 1. The summed E-state index contributed by atoms with van der Waals surface area (Å²) in [5.74, 6) is 2.15. The highest BCUT2D eigenvalue weighted by Crippen LogP contribution is 2.27. The van der Waals surface area contributed by atoms with Crippen molar-refractivity contribution >= 4 is 22.7 Å². The molecule has 0 aliphatic carbocycles. The lowest BCUT2D eigenvalue weighted by Gasteiger charge is -2.09.